The Morgan fingerprint density at radius 1 is 1.29 bits per heavy atom. The Morgan fingerprint density at radius 3 is 2.35 bits per heavy atom. The van der Waals surface area contributed by atoms with Crippen molar-refractivity contribution in [3.63, 3.8) is 0 Å². The van der Waals surface area contributed by atoms with Gasteiger partial charge in [0.15, 0.2) is 0 Å². The summed E-state index contributed by atoms with van der Waals surface area (Å²) < 4.78 is 29.1. The fourth-order valence-corrected chi connectivity index (χ4v) is 2.87. The number of anilines is 1. The molecule has 0 bridgehead atoms. The molecule has 0 amide bonds. The number of hydrogen-bond acceptors (Lipinski definition) is 2. The number of rotatable bonds is 3. The highest BCUT2D eigenvalue weighted by molar-refractivity contribution is 9.10. The minimum absolute atomic E-state index is 0.412. The van der Waals surface area contributed by atoms with E-state index in [1.165, 1.54) is 6.07 Å². The van der Waals surface area contributed by atoms with E-state index in [0.717, 1.165) is 0 Å². The average molecular weight is 342 g/mol. The van der Waals surface area contributed by atoms with Gasteiger partial charge in [-0.15, -0.1) is 0 Å². The van der Waals surface area contributed by atoms with Gasteiger partial charge in [-0.1, -0.05) is 11.6 Å². The summed E-state index contributed by atoms with van der Waals surface area (Å²) in [4.78, 5) is 0. The Morgan fingerprint density at radius 2 is 1.88 bits per heavy atom. The van der Waals surface area contributed by atoms with Crippen molar-refractivity contribution >= 4 is 43.4 Å². The van der Waals surface area contributed by atoms with E-state index in [1.807, 2.05) is 0 Å². The molecule has 0 atom stereocenters. The van der Waals surface area contributed by atoms with Gasteiger partial charge in [-0.25, -0.2) is 0 Å². The lowest BCUT2D eigenvalue weighted by Gasteiger charge is -2.21. The monoisotopic (exact) mass is 340 g/mol. The molecule has 96 valence electrons. The Kier molecular flexibility index (Phi) is 4.46. The van der Waals surface area contributed by atoms with Crippen LogP contribution >= 0.6 is 27.5 Å². The number of hydrogen-bond donors (Lipinski definition) is 2. The van der Waals surface area contributed by atoms with Crippen LogP contribution in [0, 0.1) is 0 Å². The van der Waals surface area contributed by atoms with Crippen LogP contribution in [0.5, 0.6) is 0 Å². The standard InChI is InChI=1S/C10H14BrClN2O2S/c1-10(2,3)14-17(15,16)13-7-4-5-8(11)9(12)6-7/h4-6,13-14H,1-3H3. The quantitative estimate of drug-likeness (QED) is 0.887. The lowest BCUT2D eigenvalue weighted by molar-refractivity contribution is 0.494. The van der Waals surface area contributed by atoms with Crippen molar-refractivity contribution in [1.82, 2.24) is 4.72 Å². The molecule has 1 aromatic rings. The van der Waals surface area contributed by atoms with Gasteiger partial charge in [0.05, 0.1) is 10.7 Å². The van der Waals surface area contributed by atoms with Crippen LogP contribution in [0.3, 0.4) is 0 Å². The normalized spacial score (nSPS) is 12.5. The maximum absolute atomic E-state index is 11.7. The Bertz CT molecular complexity index is 512. The van der Waals surface area contributed by atoms with Crippen LogP contribution < -0.4 is 9.44 Å². The number of halogens is 2. The number of benzene rings is 1. The van der Waals surface area contributed by atoms with Crippen LogP contribution in [0.2, 0.25) is 5.02 Å². The van der Waals surface area contributed by atoms with E-state index in [1.54, 1.807) is 32.9 Å². The second-order valence-corrected chi connectivity index (χ2v) is 7.26. The van der Waals surface area contributed by atoms with E-state index in [0.29, 0.717) is 15.2 Å². The topological polar surface area (TPSA) is 58.2 Å². The summed E-state index contributed by atoms with van der Waals surface area (Å²) in [6.07, 6.45) is 0. The maximum atomic E-state index is 11.7. The Balaban J connectivity index is 2.87. The third-order valence-electron chi connectivity index (χ3n) is 1.61. The lowest BCUT2D eigenvalue weighted by atomic mass is 10.1. The van der Waals surface area contributed by atoms with Crippen molar-refractivity contribution in [2.75, 3.05) is 4.72 Å². The molecule has 0 aliphatic heterocycles. The van der Waals surface area contributed by atoms with Crippen LogP contribution in [0.25, 0.3) is 0 Å². The van der Waals surface area contributed by atoms with Gasteiger partial charge in [-0.2, -0.15) is 13.1 Å². The molecule has 2 N–H and O–H groups in total. The highest BCUT2D eigenvalue weighted by Gasteiger charge is 2.19. The molecular formula is C10H14BrClN2O2S. The van der Waals surface area contributed by atoms with Gasteiger partial charge in [0.1, 0.15) is 0 Å². The highest BCUT2D eigenvalue weighted by atomic mass is 79.9. The smallest absolute Gasteiger partial charge is 0.271 e. The van der Waals surface area contributed by atoms with Crippen molar-refractivity contribution in [3.8, 4) is 0 Å². The first kappa shape index (κ1) is 14.8. The van der Waals surface area contributed by atoms with Gasteiger partial charge >= 0.3 is 0 Å². The zero-order valence-electron chi connectivity index (χ0n) is 9.71. The number of nitrogens with one attached hydrogen (secondary N) is 2. The maximum Gasteiger partial charge on any atom is 0.299 e. The third kappa shape index (κ3) is 5.25. The third-order valence-corrected chi connectivity index (χ3v) is 4.23. The molecule has 17 heavy (non-hydrogen) atoms. The first-order valence-corrected chi connectivity index (χ1v) is 7.51. The molecule has 0 saturated heterocycles. The zero-order chi connectivity index (χ0) is 13.3. The molecule has 0 heterocycles. The predicted molar refractivity (Wildman–Crippen MR) is 74.6 cm³/mol. The molecular weight excluding hydrogens is 328 g/mol. The minimum atomic E-state index is -3.60. The van der Waals surface area contributed by atoms with Crippen molar-refractivity contribution < 1.29 is 8.42 Å². The summed E-state index contributed by atoms with van der Waals surface area (Å²) in [5.74, 6) is 0. The van der Waals surface area contributed by atoms with E-state index in [4.69, 9.17) is 11.6 Å². The summed E-state index contributed by atoms with van der Waals surface area (Å²) in [6, 6.07) is 4.84. The second-order valence-electron chi connectivity index (χ2n) is 4.59. The van der Waals surface area contributed by atoms with Crippen LogP contribution in [0.15, 0.2) is 22.7 Å². The van der Waals surface area contributed by atoms with Crippen molar-refractivity contribution in [3.05, 3.63) is 27.7 Å². The Hall–Kier alpha value is -0.300. The zero-order valence-corrected chi connectivity index (χ0v) is 12.9. The van der Waals surface area contributed by atoms with E-state index in [2.05, 4.69) is 25.4 Å². The molecule has 0 unspecified atom stereocenters. The summed E-state index contributed by atoms with van der Waals surface area (Å²) in [6.45, 7) is 5.29. The van der Waals surface area contributed by atoms with Crippen LogP contribution in [-0.2, 0) is 10.2 Å². The summed E-state index contributed by atoms with van der Waals surface area (Å²) in [7, 11) is -3.60. The van der Waals surface area contributed by atoms with Gasteiger partial charge in [0.25, 0.3) is 10.2 Å². The van der Waals surface area contributed by atoms with E-state index in [9.17, 15) is 8.42 Å². The van der Waals surface area contributed by atoms with Gasteiger partial charge in [0, 0.05) is 10.0 Å². The van der Waals surface area contributed by atoms with Gasteiger partial charge in [0.2, 0.25) is 0 Å². The summed E-state index contributed by atoms with van der Waals surface area (Å²) >= 11 is 9.11. The molecule has 0 radical (unpaired) electrons. The van der Waals surface area contributed by atoms with Crippen LogP contribution in [0.1, 0.15) is 20.8 Å². The fraction of sp³-hybridized carbons (Fsp3) is 0.400. The molecule has 7 heteroatoms. The molecule has 0 aliphatic carbocycles. The first-order valence-electron chi connectivity index (χ1n) is 4.86. The van der Waals surface area contributed by atoms with Crippen molar-refractivity contribution in [2.24, 2.45) is 0 Å². The van der Waals surface area contributed by atoms with Crippen LogP contribution in [-0.4, -0.2) is 14.0 Å². The molecule has 4 nitrogen and oxygen atoms in total. The largest absolute Gasteiger partial charge is 0.299 e. The van der Waals surface area contributed by atoms with Crippen molar-refractivity contribution in [2.45, 2.75) is 26.3 Å². The molecule has 0 fully saturated rings. The van der Waals surface area contributed by atoms with E-state index in [-0.39, 0.29) is 0 Å². The molecule has 0 aromatic heterocycles. The van der Waals surface area contributed by atoms with Gasteiger partial charge in [-0.05, 0) is 54.9 Å². The molecule has 1 aromatic carbocycles. The van der Waals surface area contributed by atoms with Gasteiger partial charge < -0.3 is 0 Å². The molecule has 0 spiro atoms. The second kappa shape index (κ2) is 5.14. The van der Waals surface area contributed by atoms with Crippen LogP contribution in [0.4, 0.5) is 5.69 Å². The summed E-state index contributed by atoms with van der Waals surface area (Å²) in [5, 5.41) is 0.445. The summed E-state index contributed by atoms with van der Waals surface area (Å²) in [5.41, 5.74) is -0.125. The molecule has 1 rings (SSSR count). The highest BCUT2D eigenvalue weighted by Crippen LogP contribution is 2.25. The van der Waals surface area contributed by atoms with E-state index < -0.39 is 15.7 Å². The minimum Gasteiger partial charge on any atom is -0.271 e. The predicted octanol–water partition coefficient (Wildman–Crippen LogP) is 3.15. The van der Waals surface area contributed by atoms with Gasteiger partial charge in [-0.3, -0.25) is 4.72 Å². The lowest BCUT2D eigenvalue weighted by Crippen LogP contribution is -2.43. The molecule has 0 aliphatic rings. The van der Waals surface area contributed by atoms with Crippen molar-refractivity contribution in [1.29, 1.82) is 0 Å². The Labute approximate surface area is 115 Å². The SMILES string of the molecule is CC(C)(C)NS(=O)(=O)Nc1ccc(Br)c(Cl)c1. The average Bonchev–Trinajstić information content (AvgIpc) is 2.06. The molecule has 0 saturated carbocycles. The first-order chi connectivity index (χ1) is 7.59. The van der Waals surface area contributed by atoms with E-state index >= 15 is 0 Å². The fourth-order valence-electron chi connectivity index (χ4n) is 1.14.